The molecule has 0 spiro atoms. The predicted molar refractivity (Wildman–Crippen MR) is 67.5 cm³/mol. The van der Waals surface area contributed by atoms with Crippen molar-refractivity contribution in [3.63, 3.8) is 0 Å². The molecule has 0 saturated carbocycles. The molecule has 1 amide bonds. The minimum atomic E-state index is -0.179. The molecule has 96 valence electrons. The van der Waals surface area contributed by atoms with Crippen LogP contribution in [0.3, 0.4) is 0 Å². The van der Waals surface area contributed by atoms with E-state index in [1.54, 1.807) is 11.1 Å². The molecule has 0 aliphatic heterocycles. The predicted octanol–water partition coefficient (Wildman–Crippen LogP) is 0.859. The first-order valence-corrected chi connectivity index (χ1v) is 6.08. The lowest BCUT2D eigenvalue weighted by atomic mass is 10.3. The molecule has 1 aromatic rings. The Kier molecular flexibility index (Phi) is 5.15. The standard InChI is InChI=1S/C12H22N4O/c1-5-15(4)12(17)10(3)14-9-11-13-7-8-16(11)6-2/h7-8,10,14H,5-6,9H2,1-4H3. The van der Waals surface area contributed by atoms with Crippen LogP contribution in [0, 0.1) is 0 Å². The summed E-state index contributed by atoms with van der Waals surface area (Å²) in [6.07, 6.45) is 3.73. The number of imidazole rings is 1. The maximum atomic E-state index is 11.8. The largest absolute Gasteiger partial charge is 0.345 e. The summed E-state index contributed by atoms with van der Waals surface area (Å²) in [5, 5.41) is 3.20. The van der Waals surface area contributed by atoms with Gasteiger partial charge in [0.2, 0.25) is 5.91 Å². The van der Waals surface area contributed by atoms with Gasteiger partial charge < -0.3 is 9.47 Å². The third kappa shape index (κ3) is 3.56. The molecular formula is C12H22N4O. The van der Waals surface area contributed by atoms with Gasteiger partial charge in [-0.05, 0) is 20.8 Å². The van der Waals surface area contributed by atoms with Crippen molar-refractivity contribution in [1.29, 1.82) is 0 Å². The van der Waals surface area contributed by atoms with Gasteiger partial charge in [-0.15, -0.1) is 0 Å². The number of aromatic nitrogens is 2. The van der Waals surface area contributed by atoms with Gasteiger partial charge in [-0.1, -0.05) is 0 Å². The second-order valence-corrected chi connectivity index (χ2v) is 4.08. The smallest absolute Gasteiger partial charge is 0.239 e. The fourth-order valence-electron chi connectivity index (χ4n) is 1.61. The molecule has 0 saturated heterocycles. The van der Waals surface area contributed by atoms with Gasteiger partial charge in [0.05, 0.1) is 12.6 Å². The zero-order valence-electron chi connectivity index (χ0n) is 11.1. The molecule has 17 heavy (non-hydrogen) atoms. The van der Waals surface area contributed by atoms with Crippen molar-refractivity contribution in [2.45, 2.75) is 39.9 Å². The quantitative estimate of drug-likeness (QED) is 0.799. The van der Waals surface area contributed by atoms with Gasteiger partial charge in [0.25, 0.3) is 0 Å². The normalized spacial score (nSPS) is 12.5. The molecule has 0 radical (unpaired) electrons. The molecule has 0 aliphatic carbocycles. The highest BCUT2D eigenvalue weighted by molar-refractivity contribution is 5.81. The molecule has 0 aliphatic rings. The number of nitrogens with one attached hydrogen (secondary N) is 1. The summed E-state index contributed by atoms with van der Waals surface area (Å²) >= 11 is 0. The van der Waals surface area contributed by atoms with E-state index in [0.29, 0.717) is 6.54 Å². The van der Waals surface area contributed by atoms with Gasteiger partial charge in [-0.2, -0.15) is 0 Å². The lowest BCUT2D eigenvalue weighted by molar-refractivity contribution is -0.131. The maximum Gasteiger partial charge on any atom is 0.239 e. The minimum absolute atomic E-state index is 0.113. The Morgan fingerprint density at radius 3 is 2.88 bits per heavy atom. The first kappa shape index (κ1) is 13.7. The Labute approximate surface area is 103 Å². The molecule has 1 aromatic heterocycles. The van der Waals surface area contributed by atoms with Gasteiger partial charge in [-0.25, -0.2) is 4.98 Å². The van der Waals surface area contributed by atoms with Gasteiger partial charge in [0.15, 0.2) is 0 Å². The summed E-state index contributed by atoms with van der Waals surface area (Å²) in [5.41, 5.74) is 0. The Hall–Kier alpha value is -1.36. The average molecular weight is 238 g/mol. The van der Waals surface area contributed by atoms with E-state index < -0.39 is 0 Å². The molecule has 1 N–H and O–H groups in total. The van der Waals surface area contributed by atoms with E-state index in [2.05, 4.69) is 21.8 Å². The second-order valence-electron chi connectivity index (χ2n) is 4.08. The summed E-state index contributed by atoms with van der Waals surface area (Å²) in [5.74, 6) is 1.08. The zero-order chi connectivity index (χ0) is 12.8. The number of hydrogen-bond acceptors (Lipinski definition) is 3. The van der Waals surface area contributed by atoms with Crippen molar-refractivity contribution in [3.05, 3.63) is 18.2 Å². The van der Waals surface area contributed by atoms with Crippen molar-refractivity contribution < 1.29 is 4.79 Å². The van der Waals surface area contributed by atoms with Gasteiger partial charge in [0.1, 0.15) is 5.82 Å². The topological polar surface area (TPSA) is 50.2 Å². The molecule has 1 atom stereocenters. The number of carbonyl (C=O) groups excluding carboxylic acids is 1. The van der Waals surface area contributed by atoms with Crippen LogP contribution in [0.15, 0.2) is 12.4 Å². The first-order valence-electron chi connectivity index (χ1n) is 6.08. The van der Waals surface area contributed by atoms with Crippen molar-refractivity contribution in [1.82, 2.24) is 19.8 Å². The van der Waals surface area contributed by atoms with Crippen LogP contribution < -0.4 is 5.32 Å². The molecule has 0 bridgehead atoms. The molecule has 1 unspecified atom stereocenters. The summed E-state index contributed by atoms with van der Waals surface area (Å²) in [4.78, 5) is 17.8. The lowest BCUT2D eigenvalue weighted by Gasteiger charge is -2.20. The first-order chi connectivity index (χ1) is 8.10. The number of rotatable bonds is 6. The number of carbonyl (C=O) groups is 1. The van der Waals surface area contributed by atoms with Crippen LogP contribution in [0.2, 0.25) is 0 Å². The fraction of sp³-hybridized carbons (Fsp3) is 0.667. The van der Waals surface area contributed by atoms with E-state index in [9.17, 15) is 4.79 Å². The highest BCUT2D eigenvalue weighted by atomic mass is 16.2. The Balaban J connectivity index is 2.48. The highest BCUT2D eigenvalue weighted by Crippen LogP contribution is 1.99. The third-order valence-electron chi connectivity index (χ3n) is 2.93. The van der Waals surface area contributed by atoms with E-state index in [0.717, 1.165) is 18.9 Å². The van der Waals surface area contributed by atoms with Gasteiger partial charge >= 0.3 is 0 Å². The SMILES string of the molecule is CCN(C)C(=O)C(C)NCc1nccn1CC. The molecule has 5 nitrogen and oxygen atoms in total. The Bertz CT molecular complexity index is 361. The fourth-order valence-corrected chi connectivity index (χ4v) is 1.61. The number of amides is 1. The van der Waals surface area contributed by atoms with Crippen LogP contribution >= 0.6 is 0 Å². The van der Waals surface area contributed by atoms with Crippen LogP contribution in [0.25, 0.3) is 0 Å². The second kappa shape index (κ2) is 6.39. The van der Waals surface area contributed by atoms with E-state index in [4.69, 9.17) is 0 Å². The van der Waals surface area contributed by atoms with Crippen molar-refractivity contribution in [2.24, 2.45) is 0 Å². The molecule has 0 aromatic carbocycles. The van der Waals surface area contributed by atoms with E-state index in [1.165, 1.54) is 0 Å². The third-order valence-corrected chi connectivity index (χ3v) is 2.93. The van der Waals surface area contributed by atoms with Crippen LogP contribution in [0.1, 0.15) is 26.6 Å². The van der Waals surface area contributed by atoms with Crippen LogP contribution in [-0.4, -0.2) is 40.0 Å². The number of likely N-dealkylation sites (N-methyl/N-ethyl adjacent to an activating group) is 1. The number of aryl methyl sites for hydroxylation is 1. The average Bonchev–Trinajstić information content (AvgIpc) is 2.81. The molecule has 1 heterocycles. The van der Waals surface area contributed by atoms with E-state index in [1.807, 2.05) is 27.1 Å². The number of hydrogen-bond donors (Lipinski definition) is 1. The van der Waals surface area contributed by atoms with Crippen LogP contribution in [-0.2, 0) is 17.9 Å². The molecule has 0 fully saturated rings. The van der Waals surface area contributed by atoms with Crippen molar-refractivity contribution >= 4 is 5.91 Å². The van der Waals surface area contributed by atoms with Crippen molar-refractivity contribution in [2.75, 3.05) is 13.6 Å². The number of nitrogens with zero attached hydrogens (tertiary/aromatic N) is 3. The minimum Gasteiger partial charge on any atom is -0.345 e. The summed E-state index contributed by atoms with van der Waals surface area (Å²) in [6.45, 7) is 8.17. The van der Waals surface area contributed by atoms with E-state index in [-0.39, 0.29) is 11.9 Å². The lowest BCUT2D eigenvalue weighted by Crippen LogP contribution is -2.43. The summed E-state index contributed by atoms with van der Waals surface area (Å²) in [7, 11) is 1.81. The Morgan fingerprint density at radius 2 is 2.29 bits per heavy atom. The van der Waals surface area contributed by atoms with Gasteiger partial charge in [-0.3, -0.25) is 10.1 Å². The van der Waals surface area contributed by atoms with Crippen LogP contribution in [0.4, 0.5) is 0 Å². The van der Waals surface area contributed by atoms with Crippen LogP contribution in [0.5, 0.6) is 0 Å². The molecular weight excluding hydrogens is 216 g/mol. The van der Waals surface area contributed by atoms with Crippen molar-refractivity contribution in [3.8, 4) is 0 Å². The summed E-state index contributed by atoms with van der Waals surface area (Å²) < 4.78 is 2.06. The Morgan fingerprint density at radius 1 is 1.59 bits per heavy atom. The molecule has 1 rings (SSSR count). The highest BCUT2D eigenvalue weighted by Gasteiger charge is 2.16. The zero-order valence-corrected chi connectivity index (χ0v) is 11.1. The molecule has 5 heteroatoms. The van der Waals surface area contributed by atoms with E-state index >= 15 is 0 Å². The maximum absolute atomic E-state index is 11.8. The monoisotopic (exact) mass is 238 g/mol. The van der Waals surface area contributed by atoms with Gasteiger partial charge in [0, 0.05) is 32.5 Å². The summed E-state index contributed by atoms with van der Waals surface area (Å²) in [6, 6.07) is -0.179.